The molecule has 1 aromatic heterocycles. The minimum Gasteiger partial charge on any atom is -0.375 e. The van der Waals surface area contributed by atoms with E-state index in [4.69, 9.17) is 4.74 Å². The van der Waals surface area contributed by atoms with E-state index in [0.717, 1.165) is 23.0 Å². The van der Waals surface area contributed by atoms with Gasteiger partial charge in [-0.25, -0.2) is 0 Å². The van der Waals surface area contributed by atoms with Gasteiger partial charge < -0.3 is 10.1 Å². The third kappa shape index (κ3) is 3.15. The molecule has 0 aromatic carbocycles. The molecule has 0 aliphatic carbocycles. The van der Waals surface area contributed by atoms with Crippen molar-refractivity contribution in [3.63, 3.8) is 0 Å². The molecule has 1 aromatic rings. The van der Waals surface area contributed by atoms with Crippen molar-refractivity contribution in [2.75, 3.05) is 6.54 Å². The van der Waals surface area contributed by atoms with Crippen LogP contribution in [0.1, 0.15) is 63.0 Å². The minimum atomic E-state index is 0.240. The van der Waals surface area contributed by atoms with Gasteiger partial charge in [0.15, 0.2) is 0 Å². The first-order valence-corrected chi connectivity index (χ1v) is 8.08. The third-order valence-corrected chi connectivity index (χ3v) is 5.26. The van der Waals surface area contributed by atoms with Crippen LogP contribution in [0.2, 0.25) is 0 Å². The summed E-state index contributed by atoms with van der Waals surface area (Å²) < 4.78 is 5.90. The Morgan fingerprint density at radius 2 is 2.00 bits per heavy atom. The Hall–Kier alpha value is -0.520. The fourth-order valence-corrected chi connectivity index (χ4v) is 3.88. The van der Waals surface area contributed by atoms with Gasteiger partial charge in [0.25, 0.3) is 0 Å². The van der Waals surface area contributed by atoms with E-state index in [0.29, 0.717) is 17.9 Å². The van der Waals surface area contributed by atoms with Gasteiger partial charge in [0, 0.05) is 5.92 Å². The quantitative estimate of drug-likeness (QED) is 0.902. The molecule has 2 heterocycles. The fourth-order valence-electron chi connectivity index (χ4n) is 2.70. The number of nitrogens with zero attached hydrogens (tertiary/aromatic N) is 2. The first-order valence-electron chi connectivity index (χ1n) is 7.26. The summed E-state index contributed by atoms with van der Waals surface area (Å²) in [5.41, 5.74) is 0. The molecule has 0 amide bonds. The average molecular weight is 283 g/mol. The molecule has 2 rings (SSSR count). The third-order valence-electron chi connectivity index (χ3n) is 4.05. The maximum atomic E-state index is 5.90. The van der Waals surface area contributed by atoms with Crippen LogP contribution in [0.15, 0.2) is 0 Å². The molecular weight excluding hydrogens is 258 g/mol. The summed E-state index contributed by atoms with van der Waals surface area (Å²) in [6, 6.07) is 0.288. The van der Waals surface area contributed by atoms with Crippen molar-refractivity contribution in [2.24, 2.45) is 5.92 Å². The number of nitrogens with one attached hydrogen (secondary N) is 1. The van der Waals surface area contributed by atoms with Crippen molar-refractivity contribution in [1.82, 2.24) is 15.5 Å². The standard InChI is InChI=1S/C14H25N3OS/c1-6-7-15-9(3)13-16-17-14(19-13)12-8(2)10(4)18-11(12)5/h8-12,15H,6-7H2,1-5H3. The van der Waals surface area contributed by atoms with E-state index in [2.05, 4.69) is 50.1 Å². The van der Waals surface area contributed by atoms with Crippen LogP contribution in [0.3, 0.4) is 0 Å². The maximum absolute atomic E-state index is 5.90. The SMILES string of the molecule is CCCNC(C)c1nnc(C2C(C)OC(C)C2C)s1. The Morgan fingerprint density at radius 1 is 1.26 bits per heavy atom. The molecule has 5 unspecified atom stereocenters. The predicted molar refractivity (Wildman–Crippen MR) is 78.5 cm³/mol. The molecular formula is C14H25N3OS. The van der Waals surface area contributed by atoms with Crippen molar-refractivity contribution in [3.8, 4) is 0 Å². The Bertz CT molecular complexity index is 409. The van der Waals surface area contributed by atoms with Crippen LogP contribution in [0.4, 0.5) is 0 Å². The Balaban J connectivity index is 2.08. The zero-order valence-electron chi connectivity index (χ0n) is 12.5. The molecule has 0 spiro atoms. The van der Waals surface area contributed by atoms with Crippen molar-refractivity contribution >= 4 is 11.3 Å². The highest BCUT2D eigenvalue weighted by atomic mass is 32.1. The lowest BCUT2D eigenvalue weighted by Gasteiger charge is -2.14. The second-order valence-corrected chi connectivity index (χ2v) is 6.63. The molecule has 0 bridgehead atoms. The van der Waals surface area contributed by atoms with E-state index in [9.17, 15) is 0 Å². The van der Waals surface area contributed by atoms with Crippen LogP contribution in [0, 0.1) is 5.92 Å². The van der Waals surface area contributed by atoms with Crippen LogP contribution >= 0.6 is 11.3 Å². The molecule has 0 saturated carbocycles. The molecule has 1 aliphatic heterocycles. The summed E-state index contributed by atoms with van der Waals surface area (Å²) in [5, 5.41) is 14.4. The first-order chi connectivity index (χ1) is 9.04. The van der Waals surface area contributed by atoms with Gasteiger partial charge >= 0.3 is 0 Å². The second-order valence-electron chi connectivity index (χ2n) is 5.59. The molecule has 5 atom stereocenters. The number of hydrogen-bond acceptors (Lipinski definition) is 5. The molecule has 1 saturated heterocycles. The van der Waals surface area contributed by atoms with Crippen LogP contribution < -0.4 is 5.32 Å². The van der Waals surface area contributed by atoms with E-state index in [1.807, 2.05) is 0 Å². The van der Waals surface area contributed by atoms with Crippen molar-refractivity contribution < 1.29 is 4.74 Å². The summed E-state index contributed by atoms with van der Waals surface area (Å²) in [7, 11) is 0. The summed E-state index contributed by atoms with van der Waals surface area (Å²) in [6.45, 7) is 11.9. The van der Waals surface area contributed by atoms with Crippen molar-refractivity contribution in [1.29, 1.82) is 0 Å². The van der Waals surface area contributed by atoms with Gasteiger partial charge in [-0.15, -0.1) is 10.2 Å². The van der Waals surface area contributed by atoms with Gasteiger partial charge in [-0.05, 0) is 39.7 Å². The molecule has 4 nitrogen and oxygen atoms in total. The van der Waals surface area contributed by atoms with E-state index in [1.165, 1.54) is 0 Å². The normalized spacial score (nSPS) is 32.7. The maximum Gasteiger partial charge on any atom is 0.134 e. The first kappa shape index (κ1) is 14.9. The van der Waals surface area contributed by atoms with Gasteiger partial charge in [-0.2, -0.15) is 0 Å². The lowest BCUT2D eigenvalue weighted by molar-refractivity contribution is 0.0556. The van der Waals surface area contributed by atoms with Crippen LogP contribution in [0.5, 0.6) is 0 Å². The van der Waals surface area contributed by atoms with Gasteiger partial charge in [0.1, 0.15) is 10.0 Å². The highest BCUT2D eigenvalue weighted by molar-refractivity contribution is 7.11. The molecule has 1 N–H and O–H groups in total. The fraction of sp³-hybridized carbons (Fsp3) is 0.857. The molecule has 0 radical (unpaired) electrons. The lowest BCUT2D eigenvalue weighted by Crippen LogP contribution is -2.19. The van der Waals surface area contributed by atoms with Gasteiger partial charge in [0.05, 0.1) is 18.2 Å². The summed E-state index contributed by atoms with van der Waals surface area (Å²) in [5.74, 6) is 0.898. The Labute approximate surface area is 120 Å². The van der Waals surface area contributed by atoms with Gasteiger partial charge in [-0.1, -0.05) is 25.2 Å². The molecule has 1 aliphatic rings. The number of aromatic nitrogens is 2. The minimum absolute atomic E-state index is 0.240. The monoisotopic (exact) mass is 283 g/mol. The average Bonchev–Trinajstić information content (AvgIpc) is 2.93. The molecule has 19 heavy (non-hydrogen) atoms. The zero-order chi connectivity index (χ0) is 14.0. The summed E-state index contributed by atoms with van der Waals surface area (Å²) in [4.78, 5) is 0. The van der Waals surface area contributed by atoms with Crippen LogP contribution in [0.25, 0.3) is 0 Å². The topological polar surface area (TPSA) is 47.0 Å². The van der Waals surface area contributed by atoms with Gasteiger partial charge in [-0.3, -0.25) is 0 Å². The highest BCUT2D eigenvalue weighted by Crippen LogP contribution is 2.41. The van der Waals surface area contributed by atoms with Crippen LogP contribution in [-0.2, 0) is 4.74 Å². The van der Waals surface area contributed by atoms with Gasteiger partial charge in [0.2, 0.25) is 0 Å². The summed E-state index contributed by atoms with van der Waals surface area (Å²) >= 11 is 1.73. The van der Waals surface area contributed by atoms with E-state index in [1.54, 1.807) is 11.3 Å². The molecule has 5 heteroatoms. The zero-order valence-corrected chi connectivity index (χ0v) is 13.3. The highest BCUT2D eigenvalue weighted by Gasteiger charge is 2.40. The number of hydrogen-bond donors (Lipinski definition) is 1. The second kappa shape index (κ2) is 6.29. The van der Waals surface area contributed by atoms with E-state index < -0.39 is 0 Å². The largest absolute Gasteiger partial charge is 0.375 e. The Kier molecular flexibility index (Phi) is 4.92. The Morgan fingerprint density at radius 3 is 2.58 bits per heavy atom. The lowest BCUT2D eigenvalue weighted by atomic mass is 9.90. The molecule has 1 fully saturated rings. The van der Waals surface area contributed by atoms with Crippen molar-refractivity contribution in [2.45, 2.75) is 65.2 Å². The molecule has 108 valence electrons. The predicted octanol–water partition coefficient (Wildman–Crippen LogP) is 3.13. The smallest absolute Gasteiger partial charge is 0.134 e. The summed E-state index contributed by atoms with van der Waals surface area (Å²) in [6.07, 6.45) is 1.69. The van der Waals surface area contributed by atoms with E-state index >= 15 is 0 Å². The van der Waals surface area contributed by atoms with Crippen molar-refractivity contribution in [3.05, 3.63) is 10.0 Å². The van der Waals surface area contributed by atoms with Crippen LogP contribution in [-0.4, -0.2) is 29.0 Å². The van der Waals surface area contributed by atoms with E-state index in [-0.39, 0.29) is 12.1 Å². The number of ether oxygens (including phenoxy) is 1. The number of rotatable bonds is 5.